The minimum Gasteiger partial charge on any atom is -0.336 e. The number of carbonyl (C=O) groups excluding carboxylic acids is 2. The SMILES string of the molecule is O=C(/C=C/c1ccccc1)N1CCN(C(=O)C2=Cc3ccccc3S2(=O)=O)CC1. The maximum atomic E-state index is 12.8. The minimum atomic E-state index is -3.79. The van der Waals surface area contributed by atoms with E-state index in [-0.39, 0.29) is 15.7 Å². The smallest absolute Gasteiger partial charge is 0.265 e. The van der Waals surface area contributed by atoms with Crippen LogP contribution in [0.4, 0.5) is 0 Å². The standard InChI is InChI=1S/C22H20N2O4S/c25-21(11-10-17-6-2-1-3-7-17)23-12-14-24(15-13-23)22(26)20-16-18-8-4-5-9-19(18)29(20,27)28/h1-11,16H,12-15H2/b11-10+. The Kier molecular flexibility index (Phi) is 5.07. The zero-order valence-corrected chi connectivity index (χ0v) is 16.5. The number of fused-ring (bicyclic) bond motifs is 1. The molecule has 2 heterocycles. The van der Waals surface area contributed by atoms with Crippen LogP contribution >= 0.6 is 0 Å². The first-order chi connectivity index (χ1) is 14.0. The molecule has 2 aromatic carbocycles. The highest BCUT2D eigenvalue weighted by Gasteiger charge is 2.37. The lowest BCUT2D eigenvalue weighted by molar-refractivity contribution is -0.134. The number of nitrogens with zero attached hydrogens (tertiary/aromatic N) is 2. The van der Waals surface area contributed by atoms with Crippen molar-refractivity contribution in [2.45, 2.75) is 4.90 Å². The lowest BCUT2D eigenvalue weighted by Crippen LogP contribution is -2.50. The molecule has 2 aliphatic rings. The maximum Gasteiger partial charge on any atom is 0.265 e. The number of carbonyl (C=O) groups is 2. The molecule has 0 aromatic heterocycles. The van der Waals surface area contributed by atoms with E-state index in [1.54, 1.807) is 29.2 Å². The van der Waals surface area contributed by atoms with Crippen molar-refractivity contribution >= 4 is 33.8 Å². The van der Waals surface area contributed by atoms with Gasteiger partial charge in [-0.2, -0.15) is 0 Å². The molecule has 148 valence electrons. The van der Waals surface area contributed by atoms with Gasteiger partial charge in [0.05, 0.1) is 4.90 Å². The second-order valence-electron chi connectivity index (χ2n) is 6.91. The second kappa shape index (κ2) is 7.67. The van der Waals surface area contributed by atoms with Gasteiger partial charge in [-0.05, 0) is 29.3 Å². The van der Waals surface area contributed by atoms with Crippen LogP contribution in [0.3, 0.4) is 0 Å². The summed E-state index contributed by atoms with van der Waals surface area (Å²) in [6, 6.07) is 16.1. The van der Waals surface area contributed by atoms with Crippen LogP contribution in [0.1, 0.15) is 11.1 Å². The molecule has 0 unspecified atom stereocenters. The molecule has 0 atom stereocenters. The highest BCUT2D eigenvalue weighted by atomic mass is 32.2. The monoisotopic (exact) mass is 408 g/mol. The molecule has 2 aromatic rings. The summed E-state index contributed by atoms with van der Waals surface area (Å²) < 4.78 is 25.3. The van der Waals surface area contributed by atoms with Gasteiger partial charge in [-0.25, -0.2) is 8.42 Å². The predicted molar refractivity (Wildman–Crippen MR) is 110 cm³/mol. The molecule has 0 saturated carbocycles. The highest BCUT2D eigenvalue weighted by molar-refractivity contribution is 7.96. The fourth-order valence-electron chi connectivity index (χ4n) is 3.48. The van der Waals surface area contributed by atoms with Gasteiger partial charge in [0, 0.05) is 32.3 Å². The molecule has 2 aliphatic heterocycles. The van der Waals surface area contributed by atoms with Gasteiger partial charge in [0.2, 0.25) is 15.7 Å². The molecule has 1 saturated heterocycles. The first-order valence-electron chi connectivity index (χ1n) is 9.34. The highest BCUT2D eigenvalue weighted by Crippen LogP contribution is 2.33. The van der Waals surface area contributed by atoms with Gasteiger partial charge in [-0.15, -0.1) is 0 Å². The first-order valence-corrected chi connectivity index (χ1v) is 10.8. The molecule has 0 bridgehead atoms. The summed E-state index contributed by atoms with van der Waals surface area (Å²) >= 11 is 0. The molecule has 7 heteroatoms. The van der Waals surface area contributed by atoms with E-state index in [1.165, 1.54) is 23.1 Å². The van der Waals surface area contributed by atoms with Gasteiger partial charge in [0.25, 0.3) is 5.91 Å². The van der Waals surface area contributed by atoms with E-state index in [0.29, 0.717) is 31.7 Å². The van der Waals surface area contributed by atoms with Crippen molar-refractivity contribution < 1.29 is 18.0 Å². The molecular weight excluding hydrogens is 388 g/mol. The van der Waals surface area contributed by atoms with Crippen LogP contribution < -0.4 is 0 Å². The summed E-state index contributed by atoms with van der Waals surface area (Å²) in [5.74, 6) is -0.630. The minimum absolute atomic E-state index is 0.124. The quantitative estimate of drug-likeness (QED) is 0.730. The van der Waals surface area contributed by atoms with Crippen LogP contribution in [-0.2, 0) is 19.4 Å². The van der Waals surface area contributed by atoms with Crippen molar-refractivity contribution in [2.75, 3.05) is 26.2 Å². The fourth-order valence-corrected chi connectivity index (χ4v) is 5.05. The molecular formula is C22H20N2O4S. The van der Waals surface area contributed by atoms with Crippen molar-refractivity contribution in [1.82, 2.24) is 9.80 Å². The third-order valence-electron chi connectivity index (χ3n) is 5.09. The van der Waals surface area contributed by atoms with Gasteiger partial charge in [-0.1, -0.05) is 48.5 Å². The largest absolute Gasteiger partial charge is 0.336 e. The summed E-state index contributed by atoms with van der Waals surface area (Å²) in [5.41, 5.74) is 1.48. The number of benzene rings is 2. The third-order valence-corrected chi connectivity index (χ3v) is 6.91. The van der Waals surface area contributed by atoms with Crippen LogP contribution in [0.25, 0.3) is 12.2 Å². The number of rotatable bonds is 3. The summed E-state index contributed by atoms with van der Waals surface area (Å²) in [7, 11) is -3.79. The lowest BCUT2D eigenvalue weighted by Gasteiger charge is -2.34. The average molecular weight is 408 g/mol. The van der Waals surface area contributed by atoms with Crippen LogP contribution in [0.15, 0.2) is 70.5 Å². The number of hydrogen-bond acceptors (Lipinski definition) is 4. The average Bonchev–Trinajstić information content (AvgIpc) is 3.03. The molecule has 0 spiro atoms. The number of hydrogen-bond donors (Lipinski definition) is 0. The summed E-state index contributed by atoms with van der Waals surface area (Å²) in [6.45, 7) is 1.33. The van der Waals surface area contributed by atoms with Gasteiger partial charge in [0.15, 0.2) is 0 Å². The van der Waals surface area contributed by atoms with E-state index >= 15 is 0 Å². The molecule has 4 rings (SSSR count). The number of sulfone groups is 1. The van der Waals surface area contributed by atoms with Crippen molar-refractivity contribution in [3.05, 3.63) is 76.7 Å². The Hall–Kier alpha value is -3.19. The van der Waals surface area contributed by atoms with Crippen molar-refractivity contribution in [3.8, 4) is 0 Å². The van der Waals surface area contributed by atoms with E-state index in [9.17, 15) is 18.0 Å². The molecule has 0 radical (unpaired) electrons. The zero-order chi connectivity index (χ0) is 20.4. The van der Waals surface area contributed by atoms with E-state index < -0.39 is 15.7 Å². The van der Waals surface area contributed by atoms with Crippen molar-refractivity contribution in [3.63, 3.8) is 0 Å². The number of piperazine rings is 1. The van der Waals surface area contributed by atoms with E-state index in [2.05, 4.69) is 0 Å². The Morgan fingerprint density at radius 3 is 2.14 bits per heavy atom. The predicted octanol–water partition coefficient (Wildman–Crippen LogP) is 2.20. The van der Waals surface area contributed by atoms with Crippen LogP contribution in [0.5, 0.6) is 0 Å². The number of amides is 2. The molecule has 1 fully saturated rings. The Morgan fingerprint density at radius 2 is 1.45 bits per heavy atom. The van der Waals surface area contributed by atoms with E-state index in [0.717, 1.165) is 5.56 Å². The van der Waals surface area contributed by atoms with E-state index in [4.69, 9.17) is 0 Å². The van der Waals surface area contributed by atoms with Gasteiger partial charge >= 0.3 is 0 Å². The summed E-state index contributed by atoms with van der Waals surface area (Å²) in [4.78, 5) is 28.4. The van der Waals surface area contributed by atoms with Crippen LogP contribution in [-0.4, -0.2) is 56.2 Å². The summed E-state index contributed by atoms with van der Waals surface area (Å²) in [6.07, 6.45) is 4.72. The van der Waals surface area contributed by atoms with Gasteiger partial charge in [0.1, 0.15) is 4.91 Å². The molecule has 0 aliphatic carbocycles. The maximum absolute atomic E-state index is 12.8. The Labute approximate surface area is 169 Å². The Balaban J connectivity index is 1.40. The van der Waals surface area contributed by atoms with Crippen molar-refractivity contribution in [2.24, 2.45) is 0 Å². The molecule has 0 N–H and O–H groups in total. The topological polar surface area (TPSA) is 74.8 Å². The zero-order valence-electron chi connectivity index (χ0n) is 15.7. The van der Waals surface area contributed by atoms with Gasteiger partial charge < -0.3 is 9.80 Å². The van der Waals surface area contributed by atoms with Crippen LogP contribution in [0.2, 0.25) is 0 Å². The molecule has 2 amide bonds. The molecule has 6 nitrogen and oxygen atoms in total. The normalized spacial score (nSPS) is 17.9. The Morgan fingerprint density at radius 1 is 0.828 bits per heavy atom. The third kappa shape index (κ3) is 3.73. The molecule has 29 heavy (non-hydrogen) atoms. The van der Waals surface area contributed by atoms with Gasteiger partial charge in [-0.3, -0.25) is 9.59 Å². The second-order valence-corrected chi connectivity index (χ2v) is 8.80. The Bertz CT molecular complexity index is 1110. The fraction of sp³-hybridized carbons (Fsp3) is 0.182. The lowest BCUT2D eigenvalue weighted by atomic mass is 10.2. The first kappa shape index (κ1) is 19.1. The summed E-state index contributed by atoms with van der Waals surface area (Å²) in [5, 5.41) is 0. The van der Waals surface area contributed by atoms with Crippen LogP contribution in [0, 0.1) is 0 Å². The van der Waals surface area contributed by atoms with Crippen molar-refractivity contribution in [1.29, 1.82) is 0 Å². The van der Waals surface area contributed by atoms with E-state index in [1.807, 2.05) is 30.3 Å².